The first-order valence-corrected chi connectivity index (χ1v) is 5.35. The molecule has 0 bridgehead atoms. The summed E-state index contributed by atoms with van der Waals surface area (Å²) in [5.74, 6) is 1.56. The van der Waals surface area contributed by atoms with Crippen molar-refractivity contribution in [3.63, 3.8) is 0 Å². The van der Waals surface area contributed by atoms with E-state index in [0.29, 0.717) is 5.82 Å². The van der Waals surface area contributed by atoms with Crippen molar-refractivity contribution in [3.8, 4) is 5.82 Å². The minimum atomic E-state index is -0.461. The maximum absolute atomic E-state index is 10.5. The number of hydrogen-bond acceptors (Lipinski definition) is 4. The Bertz CT molecular complexity index is 519. The zero-order valence-corrected chi connectivity index (χ0v) is 9.41. The molecule has 2 heterocycles. The third kappa shape index (κ3) is 2.30. The molecule has 0 atom stereocenters. The Hall–Kier alpha value is -2.24. The van der Waals surface area contributed by atoms with E-state index in [-0.39, 0.29) is 5.69 Å². The predicted molar refractivity (Wildman–Crippen MR) is 62.0 cm³/mol. The molecule has 2 rings (SSSR count). The fraction of sp³-hybridized carbons (Fsp3) is 0.273. The molecular formula is C11H12N4O2. The van der Waals surface area contributed by atoms with Gasteiger partial charge in [-0.05, 0) is 12.5 Å². The lowest BCUT2D eigenvalue weighted by molar-refractivity contribution is -0.385. The number of nitro groups is 1. The van der Waals surface area contributed by atoms with Gasteiger partial charge in [0.25, 0.3) is 5.69 Å². The maximum atomic E-state index is 10.5. The summed E-state index contributed by atoms with van der Waals surface area (Å²) >= 11 is 0. The van der Waals surface area contributed by atoms with Crippen LogP contribution in [0.4, 0.5) is 5.69 Å². The fourth-order valence-electron chi connectivity index (χ4n) is 1.58. The van der Waals surface area contributed by atoms with E-state index >= 15 is 0 Å². The van der Waals surface area contributed by atoms with E-state index in [0.717, 1.165) is 18.7 Å². The first-order valence-electron chi connectivity index (χ1n) is 5.35. The van der Waals surface area contributed by atoms with Crippen molar-refractivity contribution in [1.29, 1.82) is 0 Å². The zero-order chi connectivity index (χ0) is 12.3. The van der Waals surface area contributed by atoms with Crippen LogP contribution in [-0.4, -0.2) is 19.5 Å². The molecule has 0 saturated heterocycles. The molecule has 0 aliphatic carbocycles. The van der Waals surface area contributed by atoms with Crippen LogP contribution >= 0.6 is 0 Å². The van der Waals surface area contributed by atoms with Crippen molar-refractivity contribution in [1.82, 2.24) is 14.5 Å². The van der Waals surface area contributed by atoms with E-state index in [4.69, 9.17) is 0 Å². The van der Waals surface area contributed by atoms with Crippen molar-refractivity contribution >= 4 is 5.69 Å². The van der Waals surface area contributed by atoms with Crippen LogP contribution in [0, 0.1) is 10.1 Å². The first kappa shape index (κ1) is 11.3. The molecule has 2 aromatic rings. The van der Waals surface area contributed by atoms with E-state index in [2.05, 4.69) is 16.9 Å². The van der Waals surface area contributed by atoms with Gasteiger partial charge in [-0.3, -0.25) is 14.7 Å². The maximum Gasteiger partial charge on any atom is 0.287 e. The van der Waals surface area contributed by atoms with Crippen molar-refractivity contribution in [2.45, 2.75) is 19.8 Å². The van der Waals surface area contributed by atoms with Gasteiger partial charge in [0.15, 0.2) is 0 Å². The number of rotatable bonds is 4. The van der Waals surface area contributed by atoms with Gasteiger partial charge in [0.2, 0.25) is 0 Å². The van der Waals surface area contributed by atoms with Crippen LogP contribution in [0.25, 0.3) is 5.82 Å². The Morgan fingerprint density at radius 1 is 1.41 bits per heavy atom. The van der Waals surface area contributed by atoms with Gasteiger partial charge < -0.3 is 0 Å². The highest BCUT2D eigenvalue weighted by atomic mass is 16.6. The summed E-state index contributed by atoms with van der Waals surface area (Å²) in [6.07, 6.45) is 6.61. The second kappa shape index (κ2) is 4.73. The summed E-state index contributed by atoms with van der Waals surface area (Å²) in [6, 6.07) is 3.07. The number of nitrogens with zero attached hydrogens (tertiary/aromatic N) is 4. The minimum Gasteiger partial charge on any atom is -0.288 e. The quantitative estimate of drug-likeness (QED) is 0.597. The van der Waals surface area contributed by atoms with E-state index in [9.17, 15) is 10.1 Å². The third-order valence-corrected chi connectivity index (χ3v) is 2.38. The Balaban J connectivity index is 2.33. The van der Waals surface area contributed by atoms with Crippen molar-refractivity contribution < 1.29 is 4.92 Å². The summed E-state index contributed by atoms with van der Waals surface area (Å²) < 4.78 is 1.84. The lowest BCUT2D eigenvalue weighted by atomic mass is 10.3. The minimum absolute atomic E-state index is 0.00842. The molecule has 0 unspecified atom stereocenters. The summed E-state index contributed by atoms with van der Waals surface area (Å²) in [5.41, 5.74) is -0.00842. The van der Waals surface area contributed by atoms with Crippen molar-refractivity contribution in [2.24, 2.45) is 0 Å². The number of pyridine rings is 1. The SMILES string of the molecule is CCCc1nccn1-c1ccc([N+](=O)[O-])cn1. The van der Waals surface area contributed by atoms with Crippen LogP contribution in [0.2, 0.25) is 0 Å². The summed E-state index contributed by atoms with van der Waals surface area (Å²) in [4.78, 5) is 18.3. The molecule has 2 aromatic heterocycles. The molecule has 0 aliphatic heterocycles. The Morgan fingerprint density at radius 2 is 2.24 bits per heavy atom. The van der Waals surface area contributed by atoms with Gasteiger partial charge in [-0.2, -0.15) is 0 Å². The van der Waals surface area contributed by atoms with Crippen LogP contribution < -0.4 is 0 Å². The van der Waals surface area contributed by atoms with Crippen LogP contribution in [0.1, 0.15) is 19.2 Å². The highest BCUT2D eigenvalue weighted by Gasteiger charge is 2.08. The largest absolute Gasteiger partial charge is 0.288 e. The third-order valence-electron chi connectivity index (χ3n) is 2.38. The molecule has 88 valence electrons. The number of hydrogen-bond donors (Lipinski definition) is 0. The predicted octanol–water partition coefficient (Wildman–Crippen LogP) is 2.13. The van der Waals surface area contributed by atoms with Crippen molar-refractivity contribution in [3.05, 3.63) is 46.7 Å². The van der Waals surface area contributed by atoms with Gasteiger partial charge in [0.1, 0.15) is 17.8 Å². The lowest BCUT2D eigenvalue weighted by Crippen LogP contribution is -2.02. The Kier molecular flexibility index (Phi) is 3.13. The molecule has 0 amide bonds. The lowest BCUT2D eigenvalue weighted by Gasteiger charge is -2.05. The summed E-state index contributed by atoms with van der Waals surface area (Å²) in [6.45, 7) is 2.07. The summed E-state index contributed by atoms with van der Waals surface area (Å²) in [7, 11) is 0. The molecule has 0 fully saturated rings. The fourth-order valence-corrected chi connectivity index (χ4v) is 1.58. The van der Waals surface area contributed by atoms with E-state index in [1.54, 1.807) is 18.5 Å². The topological polar surface area (TPSA) is 73.8 Å². The molecule has 0 radical (unpaired) electrons. The van der Waals surface area contributed by atoms with E-state index < -0.39 is 4.92 Å². The standard InChI is InChI=1S/C11H12N4O2/c1-2-3-10-12-6-7-14(10)11-5-4-9(8-13-11)15(16)17/h4-8H,2-3H2,1H3. The molecule has 0 aliphatic rings. The van der Waals surface area contributed by atoms with Crippen LogP contribution in [0.5, 0.6) is 0 Å². The molecule has 6 heteroatoms. The Labute approximate surface area is 98.1 Å². The van der Waals surface area contributed by atoms with E-state index in [1.807, 2.05) is 4.57 Å². The molecule has 0 N–H and O–H groups in total. The molecule has 0 aromatic carbocycles. The number of imidazole rings is 1. The smallest absolute Gasteiger partial charge is 0.287 e. The first-order chi connectivity index (χ1) is 8.22. The normalized spacial score (nSPS) is 10.4. The van der Waals surface area contributed by atoms with Gasteiger partial charge in [0, 0.05) is 24.9 Å². The van der Waals surface area contributed by atoms with E-state index in [1.165, 1.54) is 12.3 Å². The number of aryl methyl sites for hydroxylation is 1. The summed E-state index contributed by atoms with van der Waals surface area (Å²) in [5, 5.41) is 10.5. The Morgan fingerprint density at radius 3 is 2.82 bits per heavy atom. The monoisotopic (exact) mass is 232 g/mol. The molecule has 6 nitrogen and oxygen atoms in total. The number of aromatic nitrogens is 3. The van der Waals surface area contributed by atoms with Gasteiger partial charge >= 0.3 is 0 Å². The molecule has 0 spiro atoms. The second-order valence-corrected chi connectivity index (χ2v) is 3.60. The van der Waals surface area contributed by atoms with Gasteiger partial charge in [-0.1, -0.05) is 6.92 Å². The highest BCUT2D eigenvalue weighted by molar-refractivity contribution is 5.33. The highest BCUT2D eigenvalue weighted by Crippen LogP contribution is 2.13. The molecular weight excluding hydrogens is 220 g/mol. The van der Waals surface area contributed by atoms with Crippen LogP contribution in [0.3, 0.4) is 0 Å². The van der Waals surface area contributed by atoms with Gasteiger partial charge in [-0.15, -0.1) is 0 Å². The molecule has 0 saturated carbocycles. The van der Waals surface area contributed by atoms with Gasteiger partial charge in [-0.25, -0.2) is 9.97 Å². The van der Waals surface area contributed by atoms with Gasteiger partial charge in [0.05, 0.1) is 4.92 Å². The van der Waals surface area contributed by atoms with Crippen LogP contribution in [-0.2, 0) is 6.42 Å². The van der Waals surface area contributed by atoms with Crippen molar-refractivity contribution in [2.75, 3.05) is 0 Å². The zero-order valence-electron chi connectivity index (χ0n) is 9.41. The molecule has 17 heavy (non-hydrogen) atoms. The average Bonchev–Trinajstić information content (AvgIpc) is 2.78. The average molecular weight is 232 g/mol. The van der Waals surface area contributed by atoms with Crippen LogP contribution in [0.15, 0.2) is 30.7 Å². The second-order valence-electron chi connectivity index (χ2n) is 3.60.